The van der Waals surface area contributed by atoms with Gasteiger partial charge in [-0.25, -0.2) is 0 Å². The van der Waals surface area contributed by atoms with Crippen molar-refractivity contribution in [1.82, 2.24) is 0 Å². The second-order valence-electron chi connectivity index (χ2n) is 9.36. The average Bonchev–Trinajstić information content (AvgIpc) is 2.87. The maximum atomic E-state index is 5.65. The maximum Gasteiger partial charge on any atom is 0.0701 e. The molecule has 0 heterocycles. The van der Waals surface area contributed by atoms with Gasteiger partial charge in [-0.3, -0.25) is 0 Å². The van der Waals surface area contributed by atoms with Crippen molar-refractivity contribution in [3.63, 3.8) is 0 Å². The second kappa shape index (κ2) is 33.8. The molecule has 212 valence electrons. The van der Waals surface area contributed by atoms with E-state index in [1.807, 2.05) is 0 Å². The predicted octanol–water partition coefficient (Wildman–Crippen LogP) is 6.98. The highest BCUT2D eigenvalue weighted by molar-refractivity contribution is 4.50. The molecule has 0 rings (SSSR count). The Balaban J connectivity index is 3.00. The van der Waals surface area contributed by atoms with Gasteiger partial charge in [0.2, 0.25) is 0 Å². The third-order valence-corrected chi connectivity index (χ3v) is 6.06. The lowest BCUT2D eigenvalue weighted by Crippen LogP contribution is -2.14. The van der Waals surface area contributed by atoms with Gasteiger partial charge in [0.05, 0.1) is 66.1 Å². The van der Waals surface area contributed by atoms with E-state index in [9.17, 15) is 0 Å². The number of unbranched alkanes of at least 4 members (excludes halogenated alkanes) is 15. The molecule has 0 aromatic rings. The maximum absolute atomic E-state index is 5.65. The smallest absolute Gasteiger partial charge is 0.0701 e. The molecule has 0 amide bonds. The van der Waals surface area contributed by atoms with Crippen LogP contribution in [0.15, 0.2) is 0 Å². The fourth-order valence-corrected chi connectivity index (χ4v) is 3.88. The van der Waals surface area contributed by atoms with E-state index in [-0.39, 0.29) is 0 Å². The van der Waals surface area contributed by atoms with Crippen molar-refractivity contribution in [3.05, 3.63) is 0 Å². The van der Waals surface area contributed by atoms with Crippen LogP contribution in [0.1, 0.15) is 110 Å². The Morgan fingerprint density at radius 2 is 0.543 bits per heavy atom. The summed E-state index contributed by atoms with van der Waals surface area (Å²) in [7, 11) is 1.66. The molecule has 0 unspecified atom stereocenters. The summed E-state index contributed by atoms with van der Waals surface area (Å²) in [5.74, 6) is 0. The third-order valence-electron chi connectivity index (χ3n) is 6.06. The lowest BCUT2D eigenvalue weighted by Gasteiger charge is -2.08. The van der Waals surface area contributed by atoms with E-state index in [4.69, 9.17) is 28.4 Å². The second-order valence-corrected chi connectivity index (χ2v) is 9.36. The zero-order valence-electron chi connectivity index (χ0n) is 23.5. The summed E-state index contributed by atoms with van der Waals surface area (Å²) in [4.78, 5) is 0. The van der Waals surface area contributed by atoms with Crippen molar-refractivity contribution in [2.45, 2.75) is 110 Å². The number of hydrogen-bond acceptors (Lipinski definition) is 6. The molecule has 0 spiro atoms. The van der Waals surface area contributed by atoms with E-state index in [0.29, 0.717) is 66.1 Å². The van der Waals surface area contributed by atoms with Crippen molar-refractivity contribution < 1.29 is 28.4 Å². The molecule has 0 bridgehead atoms. The van der Waals surface area contributed by atoms with Gasteiger partial charge >= 0.3 is 0 Å². The van der Waals surface area contributed by atoms with Crippen LogP contribution in [0.3, 0.4) is 0 Å². The summed E-state index contributed by atoms with van der Waals surface area (Å²) in [5, 5.41) is 0. The molecule has 0 saturated carbocycles. The zero-order chi connectivity index (χ0) is 25.3. The first-order valence-corrected chi connectivity index (χ1v) is 14.8. The summed E-state index contributed by atoms with van der Waals surface area (Å²) >= 11 is 0. The van der Waals surface area contributed by atoms with Gasteiger partial charge in [-0.2, -0.15) is 0 Å². The summed E-state index contributed by atoms with van der Waals surface area (Å²) in [6.45, 7) is 9.20. The molecule has 0 aromatic carbocycles. The van der Waals surface area contributed by atoms with Gasteiger partial charge < -0.3 is 28.4 Å². The van der Waals surface area contributed by atoms with E-state index in [0.717, 1.165) is 6.61 Å². The monoisotopic (exact) mass is 504 g/mol. The van der Waals surface area contributed by atoms with Crippen LogP contribution in [0.5, 0.6) is 0 Å². The molecular weight excluding hydrogens is 444 g/mol. The van der Waals surface area contributed by atoms with Crippen molar-refractivity contribution in [2.75, 3.05) is 79.8 Å². The summed E-state index contributed by atoms with van der Waals surface area (Å²) < 4.78 is 32.3. The summed E-state index contributed by atoms with van der Waals surface area (Å²) in [6, 6.07) is 0. The largest absolute Gasteiger partial charge is 0.382 e. The Hall–Kier alpha value is -0.240. The Morgan fingerprint density at radius 1 is 0.286 bits per heavy atom. The van der Waals surface area contributed by atoms with Crippen LogP contribution in [0.4, 0.5) is 0 Å². The molecule has 0 aliphatic heterocycles. The van der Waals surface area contributed by atoms with Crippen molar-refractivity contribution in [3.8, 4) is 0 Å². The molecule has 0 N–H and O–H groups in total. The van der Waals surface area contributed by atoms with E-state index in [1.54, 1.807) is 7.11 Å². The Morgan fingerprint density at radius 3 is 0.857 bits per heavy atom. The van der Waals surface area contributed by atoms with Crippen LogP contribution in [-0.4, -0.2) is 79.8 Å². The van der Waals surface area contributed by atoms with Gasteiger partial charge in [0.1, 0.15) is 0 Å². The van der Waals surface area contributed by atoms with Gasteiger partial charge in [0.25, 0.3) is 0 Å². The topological polar surface area (TPSA) is 55.4 Å². The quantitative estimate of drug-likeness (QED) is 0.0921. The molecule has 0 radical (unpaired) electrons. The molecule has 6 heteroatoms. The van der Waals surface area contributed by atoms with Crippen LogP contribution < -0.4 is 0 Å². The van der Waals surface area contributed by atoms with Crippen LogP contribution in [0.2, 0.25) is 0 Å². The molecule has 0 aliphatic rings. The van der Waals surface area contributed by atoms with Crippen LogP contribution in [0, 0.1) is 0 Å². The molecule has 0 saturated heterocycles. The van der Waals surface area contributed by atoms with Gasteiger partial charge in [-0.15, -0.1) is 0 Å². The SMILES string of the molecule is CCCCCCCCCCCCCCCCCCOCCOCCOCCOCCOCCOC. The highest BCUT2D eigenvalue weighted by Gasteiger charge is 1.96. The van der Waals surface area contributed by atoms with Crippen LogP contribution >= 0.6 is 0 Å². The minimum atomic E-state index is 0.579. The first kappa shape index (κ1) is 34.8. The van der Waals surface area contributed by atoms with Gasteiger partial charge in [-0.05, 0) is 6.42 Å². The van der Waals surface area contributed by atoms with Gasteiger partial charge in [-0.1, -0.05) is 103 Å². The molecule has 0 atom stereocenters. The van der Waals surface area contributed by atoms with E-state index < -0.39 is 0 Å². The van der Waals surface area contributed by atoms with Gasteiger partial charge in [0, 0.05) is 13.7 Å². The molecule has 0 aromatic heterocycles. The standard InChI is InChI=1S/C29H60O6/c1-3-4-5-6-7-8-9-10-11-12-13-14-15-16-17-18-19-31-22-23-33-26-27-35-29-28-34-25-24-32-21-20-30-2/h3-29H2,1-2H3. The number of rotatable bonds is 32. The van der Waals surface area contributed by atoms with Crippen molar-refractivity contribution in [1.29, 1.82) is 0 Å². The zero-order valence-corrected chi connectivity index (χ0v) is 23.5. The Bertz CT molecular complexity index is 324. The molecular formula is C29H60O6. The molecule has 6 nitrogen and oxygen atoms in total. The molecule has 35 heavy (non-hydrogen) atoms. The first-order valence-electron chi connectivity index (χ1n) is 14.8. The van der Waals surface area contributed by atoms with E-state index in [1.165, 1.54) is 103 Å². The predicted molar refractivity (Wildman–Crippen MR) is 146 cm³/mol. The normalized spacial score (nSPS) is 11.5. The van der Waals surface area contributed by atoms with E-state index >= 15 is 0 Å². The lowest BCUT2D eigenvalue weighted by molar-refractivity contribution is -0.0148. The molecule has 0 aliphatic carbocycles. The third kappa shape index (κ3) is 33.8. The highest BCUT2D eigenvalue weighted by atomic mass is 16.6. The van der Waals surface area contributed by atoms with E-state index in [2.05, 4.69) is 6.92 Å². The number of hydrogen-bond donors (Lipinski definition) is 0. The fourth-order valence-electron chi connectivity index (χ4n) is 3.88. The summed E-state index contributed by atoms with van der Waals surface area (Å²) in [6.07, 6.45) is 22.4. The fraction of sp³-hybridized carbons (Fsp3) is 1.00. The Kier molecular flexibility index (Phi) is 33.5. The van der Waals surface area contributed by atoms with Crippen molar-refractivity contribution in [2.24, 2.45) is 0 Å². The minimum Gasteiger partial charge on any atom is -0.382 e. The van der Waals surface area contributed by atoms with Gasteiger partial charge in [0.15, 0.2) is 0 Å². The number of methoxy groups -OCH3 is 1. The molecule has 0 fully saturated rings. The summed E-state index contributed by atoms with van der Waals surface area (Å²) in [5.41, 5.74) is 0. The lowest BCUT2D eigenvalue weighted by atomic mass is 10.0. The minimum absolute atomic E-state index is 0.579. The highest BCUT2D eigenvalue weighted by Crippen LogP contribution is 2.13. The van der Waals surface area contributed by atoms with Crippen molar-refractivity contribution >= 4 is 0 Å². The number of ether oxygens (including phenoxy) is 6. The average molecular weight is 505 g/mol. The first-order chi connectivity index (χ1) is 17.4. The van der Waals surface area contributed by atoms with Crippen LogP contribution in [-0.2, 0) is 28.4 Å². The van der Waals surface area contributed by atoms with Crippen LogP contribution in [0.25, 0.3) is 0 Å². The Labute approximate surface area is 218 Å².